The molecule has 1 fully saturated rings. The number of rotatable bonds is 2. The maximum Gasteiger partial charge on any atom is 0.295 e. The molecule has 0 radical (unpaired) electrons. The lowest BCUT2D eigenvalue weighted by molar-refractivity contribution is -0.188. The Morgan fingerprint density at radius 1 is 1.70 bits per heavy atom. The van der Waals surface area contributed by atoms with Crippen LogP contribution in [0.2, 0.25) is 0 Å². The summed E-state index contributed by atoms with van der Waals surface area (Å²) in [5, 5.41) is 0. The van der Waals surface area contributed by atoms with Gasteiger partial charge in [-0.3, -0.25) is 4.79 Å². The molecule has 1 rings (SSSR count). The highest BCUT2D eigenvalue weighted by molar-refractivity contribution is 5.37. The highest BCUT2D eigenvalue weighted by Crippen LogP contribution is 2.21. The minimum Gasteiger partial charge on any atom is -0.435 e. The van der Waals surface area contributed by atoms with Crippen LogP contribution in [-0.4, -0.2) is 25.2 Å². The van der Waals surface area contributed by atoms with Crippen molar-refractivity contribution in [1.29, 1.82) is 0 Å². The molecule has 0 N–H and O–H groups in total. The summed E-state index contributed by atoms with van der Waals surface area (Å²) in [6.07, 6.45) is -0.535. The van der Waals surface area contributed by atoms with Crippen LogP contribution in [0.5, 0.6) is 0 Å². The predicted molar refractivity (Wildman–Crippen MR) is 32.1 cm³/mol. The Hall–Kier alpha value is -0.610. The van der Waals surface area contributed by atoms with E-state index in [0.29, 0.717) is 13.1 Å². The van der Waals surface area contributed by atoms with Gasteiger partial charge in [-0.25, -0.2) is 0 Å². The summed E-state index contributed by atoms with van der Waals surface area (Å²) in [5.41, 5.74) is 0. The van der Waals surface area contributed by atoms with E-state index in [0.717, 1.165) is 0 Å². The van der Waals surface area contributed by atoms with Crippen LogP contribution in [-0.2, 0) is 19.0 Å². The van der Waals surface area contributed by atoms with E-state index in [1.807, 2.05) is 0 Å². The molecule has 0 unspecified atom stereocenters. The van der Waals surface area contributed by atoms with Crippen molar-refractivity contribution in [3.63, 3.8) is 0 Å². The van der Waals surface area contributed by atoms with Gasteiger partial charge in [-0.05, 0) is 13.8 Å². The quantitative estimate of drug-likeness (QED) is 0.524. The average Bonchev–Trinajstić information content (AvgIpc) is 2.12. The number of ether oxygens (including phenoxy) is 3. The summed E-state index contributed by atoms with van der Waals surface area (Å²) < 4.78 is 14.7. The van der Waals surface area contributed by atoms with Gasteiger partial charge in [0.25, 0.3) is 6.47 Å². The van der Waals surface area contributed by atoms with Gasteiger partial charge in [0.15, 0.2) is 5.79 Å². The fourth-order valence-corrected chi connectivity index (χ4v) is 0.782. The average molecular weight is 146 g/mol. The molecular weight excluding hydrogens is 136 g/mol. The smallest absolute Gasteiger partial charge is 0.295 e. The first-order valence-corrected chi connectivity index (χ1v) is 3.05. The minimum absolute atomic E-state index is 0.311. The molecule has 1 saturated heterocycles. The normalized spacial score (nSPS) is 30.0. The third kappa shape index (κ3) is 1.68. The summed E-state index contributed by atoms with van der Waals surface area (Å²) >= 11 is 0. The molecule has 0 saturated carbocycles. The summed E-state index contributed by atoms with van der Waals surface area (Å²) in [6.45, 7) is 4.20. The monoisotopic (exact) mass is 146 g/mol. The number of carbonyl (C=O) groups is 1. The van der Waals surface area contributed by atoms with E-state index >= 15 is 0 Å². The van der Waals surface area contributed by atoms with Crippen LogP contribution < -0.4 is 0 Å². The summed E-state index contributed by atoms with van der Waals surface area (Å²) in [6, 6.07) is 0. The Morgan fingerprint density at radius 3 is 2.80 bits per heavy atom. The Bertz CT molecular complexity index is 132. The molecule has 0 aromatic heterocycles. The van der Waals surface area contributed by atoms with E-state index < -0.39 is 12.1 Å². The lowest BCUT2D eigenvalue weighted by Crippen LogP contribution is -2.22. The van der Waals surface area contributed by atoms with Gasteiger partial charge in [0.1, 0.15) is 6.61 Å². The van der Waals surface area contributed by atoms with Crippen molar-refractivity contribution in [2.24, 2.45) is 0 Å². The molecule has 1 atom stereocenters. The van der Waals surface area contributed by atoms with Gasteiger partial charge in [0.2, 0.25) is 6.29 Å². The molecule has 0 bridgehead atoms. The fourth-order valence-electron chi connectivity index (χ4n) is 0.782. The summed E-state index contributed by atoms with van der Waals surface area (Å²) in [7, 11) is 0. The van der Waals surface area contributed by atoms with E-state index in [2.05, 4.69) is 4.74 Å². The second-order valence-corrected chi connectivity index (χ2v) is 2.49. The van der Waals surface area contributed by atoms with Crippen LogP contribution in [0.25, 0.3) is 0 Å². The zero-order valence-electron chi connectivity index (χ0n) is 5.99. The molecule has 0 amide bonds. The van der Waals surface area contributed by atoms with Gasteiger partial charge < -0.3 is 14.2 Å². The molecule has 58 valence electrons. The Kier molecular flexibility index (Phi) is 1.92. The molecule has 4 heteroatoms. The molecule has 1 aliphatic heterocycles. The van der Waals surface area contributed by atoms with Crippen molar-refractivity contribution in [2.45, 2.75) is 25.9 Å². The van der Waals surface area contributed by atoms with E-state index in [-0.39, 0.29) is 0 Å². The molecule has 1 heterocycles. The van der Waals surface area contributed by atoms with Crippen molar-refractivity contribution in [3.8, 4) is 0 Å². The molecule has 0 spiro atoms. The first-order valence-electron chi connectivity index (χ1n) is 3.05. The first kappa shape index (κ1) is 7.50. The van der Waals surface area contributed by atoms with Crippen molar-refractivity contribution in [1.82, 2.24) is 0 Å². The van der Waals surface area contributed by atoms with E-state index in [9.17, 15) is 4.79 Å². The van der Waals surface area contributed by atoms with Crippen molar-refractivity contribution < 1.29 is 19.0 Å². The van der Waals surface area contributed by atoms with E-state index in [1.54, 1.807) is 13.8 Å². The Balaban J connectivity index is 2.35. The van der Waals surface area contributed by atoms with Crippen LogP contribution in [0.4, 0.5) is 0 Å². The third-order valence-electron chi connectivity index (χ3n) is 1.19. The molecular formula is C6H10O4. The number of hydrogen-bond acceptors (Lipinski definition) is 4. The standard InChI is InChI=1S/C6H10O4/c1-6(2)9-3-5(10-6)8-4-7/h4-5H,3H2,1-2H3/t5-/m0/s1. The second kappa shape index (κ2) is 2.56. The van der Waals surface area contributed by atoms with Crippen LogP contribution in [0.15, 0.2) is 0 Å². The number of hydrogen-bond donors (Lipinski definition) is 0. The number of carbonyl (C=O) groups excluding carboxylic acids is 1. The van der Waals surface area contributed by atoms with Crippen LogP contribution in [0.1, 0.15) is 13.8 Å². The molecule has 10 heavy (non-hydrogen) atoms. The largest absolute Gasteiger partial charge is 0.435 e. The maximum absolute atomic E-state index is 9.81. The van der Waals surface area contributed by atoms with Crippen molar-refractivity contribution >= 4 is 6.47 Å². The lowest BCUT2D eigenvalue weighted by Gasteiger charge is -2.15. The summed E-state index contributed by atoms with van der Waals surface area (Å²) in [5.74, 6) is -0.617. The first-order chi connectivity index (χ1) is 4.64. The molecule has 1 aliphatic rings. The highest BCUT2D eigenvalue weighted by Gasteiger charge is 2.33. The van der Waals surface area contributed by atoms with Gasteiger partial charge in [-0.15, -0.1) is 0 Å². The Morgan fingerprint density at radius 2 is 2.40 bits per heavy atom. The third-order valence-corrected chi connectivity index (χ3v) is 1.19. The molecule has 0 aromatic carbocycles. The van der Waals surface area contributed by atoms with Crippen molar-refractivity contribution in [3.05, 3.63) is 0 Å². The fraction of sp³-hybridized carbons (Fsp3) is 0.833. The zero-order chi connectivity index (χ0) is 7.61. The van der Waals surface area contributed by atoms with Gasteiger partial charge in [0.05, 0.1) is 0 Å². The second-order valence-electron chi connectivity index (χ2n) is 2.49. The SMILES string of the molecule is CC1(C)OC[C@@H](OC=O)O1. The topological polar surface area (TPSA) is 44.8 Å². The van der Waals surface area contributed by atoms with E-state index in [1.165, 1.54) is 0 Å². The zero-order valence-corrected chi connectivity index (χ0v) is 5.99. The Labute approximate surface area is 59.1 Å². The van der Waals surface area contributed by atoms with E-state index in [4.69, 9.17) is 9.47 Å². The molecule has 4 nitrogen and oxygen atoms in total. The molecule has 0 aromatic rings. The minimum atomic E-state index is -0.617. The highest BCUT2D eigenvalue weighted by atomic mass is 16.8. The summed E-state index contributed by atoms with van der Waals surface area (Å²) in [4.78, 5) is 9.81. The lowest BCUT2D eigenvalue weighted by atomic mass is 10.4. The maximum atomic E-state index is 9.81. The van der Waals surface area contributed by atoms with Gasteiger partial charge >= 0.3 is 0 Å². The van der Waals surface area contributed by atoms with Gasteiger partial charge in [0, 0.05) is 0 Å². The van der Waals surface area contributed by atoms with Crippen molar-refractivity contribution in [2.75, 3.05) is 6.61 Å². The van der Waals surface area contributed by atoms with Crippen LogP contribution >= 0.6 is 0 Å². The van der Waals surface area contributed by atoms with Gasteiger partial charge in [-0.2, -0.15) is 0 Å². The van der Waals surface area contributed by atoms with Crippen LogP contribution in [0.3, 0.4) is 0 Å². The molecule has 0 aliphatic carbocycles. The van der Waals surface area contributed by atoms with Gasteiger partial charge in [-0.1, -0.05) is 0 Å². The van der Waals surface area contributed by atoms with Crippen LogP contribution in [0, 0.1) is 0 Å². The predicted octanol–water partition coefficient (Wildman–Crippen LogP) is 0.268.